The van der Waals surface area contributed by atoms with Crippen LogP contribution in [-0.4, -0.2) is 6.54 Å². The molecule has 0 atom stereocenters. The molecule has 1 aliphatic rings. The van der Waals surface area contributed by atoms with Crippen LogP contribution < -0.4 is 11.3 Å². The van der Waals surface area contributed by atoms with Gasteiger partial charge < -0.3 is 0 Å². The van der Waals surface area contributed by atoms with Crippen molar-refractivity contribution >= 4 is 12.4 Å². The fraction of sp³-hybridized carbons (Fsp3) is 0.800. The van der Waals surface area contributed by atoms with Crippen molar-refractivity contribution < 1.29 is 0 Å². The highest BCUT2D eigenvalue weighted by Crippen LogP contribution is 2.25. The van der Waals surface area contributed by atoms with Crippen LogP contribution in [0.5, 0.6) is 0 Å². The van der Waals surface area contributed by atoms with Gasteiger partial charge in [0.15, 0.2) is 0 Å². The van der Waals surface area contributed by atoms with Crippen LogP contribution in [0, 0.1) is 5.92 Å². The molecule has 0 spiro atoms. The topological polar surface area (TPSA) is 38.0 Å². The summed E-state index contributed by atoms with van der Waals surface area (Å²) >= 11 is 0. The second-order valence-corrected chi connectivity index (χ2v) is 3.79. The van der Waals surface area contributed by atoms with Crippen molar-refractivity contribution in [2.75, 3.05) is 6.54 Å². The Hall–Kier alpha value is -0.0500. The molecular weight excluding hydrogens is 184 g/mol. The first-order chi connectivity index (χ1) is 5.83. The van der Waals surface area contributed by atoms with Gasteiger partial charge in [0.2, 0.25) is 0 Å². The van der Waals surface area contributed by atoms with E-state index < -0.39 is 0 Å². The molecule has 0 amide bonds. The molecule has 0 radical (unpaired) electrons. The number of nitrogens with one attached hydrogen (secondary N) is 1. The number of hydrazine groups is 1. The third kappa shape index (κ3) is 5.29. The molecule has 3 N–H and O–H groups in total. The van der Waals surface area contributed by atoms with Gasteiger partial charge in [-0.05, 0) is 25.7 Å². The Morgan fingerprint density at radius 1 is 1.38 bits per heavy atom. The molecular formula is C10H21ClN2. The molecule has 0 saturated heterocycles. The molecule has 1 aliphatic carbocycles. The number of hydrogen-bond donors (Lipinski definition) is 2. The van der Waals surface area contributed by atoms with E-state index in [1.54, 1.807) is 0 Å². The molecule has 3 heteroatoms. The van der Waals surface area contributed by atoms with E-state index >= 15 is 0 Å². The maximum atomic E-state index is 5.24. The van der Waals surface area contributed by atoms with Gasteiger partial charge in [0.05, 0.1) is 0 Å². The molecule has 1 saturated carbocycles. The summed E-state index contributed by atoms with van der Waals surface area (Å²) in [6, 6.07) is 0. The standard InChI is InChI=1S/C10H20N2.ClH/c1-9(8-12-11)7-10-5-3-2-4-6-10;/h7,10,12H,2-6,8,11H2,1H3;1H. The van der Waals surface area contributed by atoms with E-state index in [4.69, 9.17) is 5.84 Å². The predicted molar refractivity (Wildman–Crippen MR) is 59.8 cm³/mol. The smallest absolute Gasteiger partial charge is 0.0305 e. The predicted octanol–water partition coefficient (Wildman–Crippen LogP) is 2.40. The maximum absolute atomic E-state index is 5.24. The molecule has 1 fully saturated rings. The molecule has 78 valence electrons. The van der Waals surface area contributed by atoms with Gasteiger partial charge in [0, 0.05) is 6.54 Å². The van der Waals surface area contributed by atoms with E-state index in [0.717, 1.165) is 12.5 Å². The average Bonchev–Trinajstić information content (AvgIpc) is 2.06. The summed E-state index contributed by atoms with van der Waals surface area (Å²) in [5.74, 6) is 6.07. The maximum Gasteiger partial charge on any atom is 0.0305 e. The summed E-state index contributed by atoms with van der Waals surface area (Å²) < 4.78 is 0. The Bertz CT molecular complexity index is 151. The molecule has 0 aliphatic heterocycles. The second kappa shape index (κ2) is 7.36. The fourth-order valence-corrected chi connectivity index (χ4v) is 1.92. The highest BCUT2D eigenvalue weighted by molar-refractivity contribution is 5.85. The van der Waals surface area contributed by atoms with E-state index in [1.807, 2.05) is 0 Å². The highest BCUT2D eigenvalue weighted by atomic mass is 35.5. The Kier molecular flexibility index (Phi) is 7.33. The molecule has 0 unspecified atom stereocenters. The zero-order valence-corrected chi connectivity index (χ0v) is 9.20. The molecule has 13 heavy (non-hydrogen) atoms. The third-order valence-electron chi connectivity index (χ3n) is 2.55. The third-order valence-corrected chi connectivity index (χ3v) is 2.55. The highest BCUT2D eigenvalue weighted by Gasteiger charge is 2.10. The van der Waals surface area contributed by atoms with Crippen molar-refractivity contribution in [2.24, 2.45) is 11.8 Å². The van der Waals surface area contributed by atoms with Gasteiger partial charge in [-0.1, -0.05) is 30.9 Å². The normalized spacial score (nSPS) is 19.7. The van der Waals surface area contributed by atoms with Crippen LogP contribution in [0.3, 0.4) is 0 Å². The number of rotatable bonds is 3. The average molecular weight is 205 g/mol. The first-order valence-electron chi connectivity index (χ1n) is 4.93. The fourth-order valence-electron chi connectivity index (χ4n) is 1.92. The van der Waals surface area contributed by atoms with E-state index in [0.29, 0.717) is 0 Å². The minimum atomic E-state index is 0. The molecule has 0 aromatic rings. The zero-order chi connectivity index (χ0) is 8.81. The molecule has 2 nitrogen and oxygen atoms in total. The van der Waals surface area contributed by atoms with Gasteiger partial charge in [-0.3, -0.25) is 11.3 Å². The lowest BCUT2D eigenvalue weighted by Gasteiger charge is -2.18. The number of allylic oxidation sites excluding steroid dienone is 1. The first kappa shape index (κ1) is 12.9. The summed E-state index contributed by atoms with van der Waals surface area (Å²) in [6.07, 6.45) is 9.39. The molecule has 0 aromatic carbocycles. The van der Waals surface area contributed by atoms with Crippen molar-refractivity contribution in [1.29, 1.82) is 0 Å². The summed E-state index contributed by atoms with van der Waals surface area (Å²) in [5.41, 5.74) is 4.07. The van der Waals surface area contributed by atoms with Gasteiger partial charge in [0.25, 0.3) is 0 Å². The second-order valence-electron chi connectivity index (χ2n) is 3.79. The van der Waals surface area contributed by atoms with E-state index in [-0.39, 0.29) is 12.4 Å². The first-order valence-corrected chi connectivity index (χ1v) is 4.93. The van der Waals surface area contributed by atoms with Crippen molar-refractivity contribution in [3.63, 3.8) is 0 Å². The van der Waals surface area contributed by atoms with Gasteiger partial charge in [-0.15, -0.1) is 12.4 Å². The summed E-state index contributed by atoms with van der Waals surface area (Å²) in [4.78, 5) is 0. The van der Waals surface area contributed by atoms with E-state index in [1.165, 1.54) is 37.7 Å². The van der Waals surface area contributed by atoms with Gasteiger partial charge >= 0.3 is 0 Å². The minimum absolute atomic E-state index is 0. The Labute approximate surface area is 87.3 Å². The monoisotopic (exact) mass is 204 g/mol. The quantitative estimate of drug-likeness (QED) is 0.421. The molecule has 0 bridgehead atoms. The Morgan fingerprint density at radius 2 is 2.00 bits per heavy atom. The minimum Gasteiger partial charge on any atom is -0.271 e. The number of hydrogen-bond acceptors (Lipinski definition) is 2. The van der Waals surface area contributed by atoms with E-state index in [9.17, 15) is 0 Å². The largest absolute Gasteiger partial charge is 0.271 e. The molecule has 0 heterocycles. The lowest BCUT2D eigenvalue weighted by Crippen LogP contribution is -2.24. The molecule has 1 rings (SSSR count). The zero-order valence-electron chi connectivity index (χ0n) is 8.38. The lowest BCUT2D eigenvalue weighted by molar-refractivity contribution is 0.417. The van der Waals surface area contributed by atoms with Gasteiger partial charge in [0.1, 0.15) is 0 Å². The Morgan fingerprint density at radius 3 is 2.54 bits per heavy atom. The number of nitrogens with two attached hydrogens (primary N) is 1. The van der Waals surface area contributed by atoms with Crippen LogP contribution in [0.15, 0.2) is 11.6 Å². The van der Waals surface area contributed by atoms with Crippen molar-refractivity contribution in [2.45, 2.75) is 39.0 Å². The van der Waals surface area contributed by atoms with Crippen LogP contribution in [0.4, 0.5) is 0 Å². The Balaban J connectivity index is 0.00000144. The summed E-state index contributed by atoms with van der Waals surface area (Å²) in [7, 11) is 0. The number of halogens is 1. The van der Waals surface area contributed by atoms with Gasteiger partial charge in [-0.2, -0.15) is 0 Å². The van der Waals surface area contributed by atoms with Crippen LogP contribution >= 0.6 is 12.4 Å². The van der Waals surface area contributed by atoms with Crippen molar-refractivity contribution in [1.82, 2.24) is 5.43 Å². The lowest BCUT2D eigenvalue weighted by atomic mass is 9.88. The SMILES string of the molecule is CC(=CC1CCCCC1)CNN.Cl. The van der Waals surface area contributed by atoms with E-state index in [2.05, 4.69) is 18.4 Å². The van der Waals surface area contributed by atoms with Crippen LogP contribution in [0.25, 0.3) is 0 Å². The van der Waals surface area contributed by atoms with Crippen LogP contribution in [-0.2, 0) is 0 Å². The van der Waals surface area contributed by atoms with Crippen LogP contribution in [0.2, 0.25) is 0 Å². The molecule has 0 aromatic heterocycles. The van der Waals surface area contributed by atoms with Crippen LogP contribution in [0.1, 0.15) is 39.0 Å². The van der Waals surface area contributed by atoms with Gasteiger partial charge in [-0.25, -0.2) is 0 Å². The summed E-state index contributed by atoms with van der Waals surface area (Å²) in [5, 5.41) is 0. The summed E-state index contributed by atoms with van der Waals surface area (Å²) in [6.45, 7) is 2.98. The van der Waals surface area contributed by atoms with Crippen molar-refractivity contribution in [3.05, 3.63) is 11.6 Å². The van der Waals surface area contributed by atoms with Crippen molar-refractivity contribution in [3.8, 4) is 0 Å².